The van der Waals surface area contributed by atoms with Gasteiger partial charge in [0.25, 0.3) is 5.91 Å². The van der Waals surface area contributed by atoms with E-state index >= 15 is 0 Å². The molecule has 3 aromatic rings. The van der Waals surface area contributed by atoms with E-state index in [0.717, 1.165) is 30.8 Å². The number of anilines is 1. The van der Waals surface area contributed by atoms with Gasteiger partial charge in [0, 0.05) is 38.9 Å². The summed E-state index contributed by atoms with van der Waals surface area (Å²) in [5.41, 5.74) is 6.04. The molecule has 0 aliphatic carbocycles. The smallest absolute Gasteiger partial charge is 0.278 e. The largest absolute Gasteiger partial charge is 0.392 e. The van der Waals surface area contributed by atoms with Crippen molar-refractivity contribution in [2.24, 2.45) is 7.05 Å². The number of aliphatic hydroxyl groups excluding tert-OH is 1. The summed E-state index contributed by atoms with van der Waals surface area (Å²) in [7, 11) is 1.88. The minimum absolute atomic E-state index is 0.0535. The number of β-amino-alcohol motifs (C(OH)–C–C–N with tert-alkyl or cyclic N) is 1. The molecule has 1 fully saturated rings. The van der Waals surface area contributed by atoms with Crippen LogP contribution in [0.25, 0.3) is 11.1 Å². The van der Waals surface area contributed by atoms with Crippen LogP contribution in [-0.4, -0.2) is 51.4 Å². The van der Waals surface area contributed by atoms with Gasteiger partial charge in [0.2, 0.25) is 0 Å². The summed E-state index contributed by atoms with van der Waals surface area (Å²) in [6, 6.07) is 18.4. The van der Waals surface area contributed by atoms with Crippen LogP contribution < -0.4 is 4.90 Å². The molecule has 6 heteroatoms. The lowest BCUT2D eigenvalue weighted by atomic mass is 9.98. The molecule has 1 atom stereocenters. The molecule has 1 amide bonds. The fourth-order valence-corrected chi connectivity index (χ4v) is 4.62. The Hall–Kier alpha value is -2.96. The van der Waals surface area contributed by atoms with E-state index < -0.39 is 0 Å². The van der Waals surface area contributed by atoms with E-state index in [2.05, 4.69) is 28.2 Å². The molecule has 6 nitrogen and oxygen atoms in total. The first-order valence-corrected chi connectivity index (χ1v) is 10.5. The Labute approximate surface area is 176 Å². The highest BCUT2D eigenvalue weighted by Gasteiger charge is 2.30. The molecule has 0 spiro atoms. The second kappa shape index (κ2) is 7.70. The van der Waals surface area contributed by atoms with Crippen molar-refractivity contribution in [1.82, 2.24) is 14.7 Å². The van der Waals surface area contributed by atoms with Crippen molar-refractivity contribution in [3.63, 3.8) is 0 Å². The minimum atomic E-state index is -0.251. The molecule has 0 saturated carbocycles. The van der Waals surface area contributed by atoms with Gasteiger partial charge in [0.15, 0.2) is 5.69 Å². The molecule has 2 aromatic carbocycles. The van der Waals surface area contributed by atoms with Gasteiger partial charge in [0.1, 0.15) is 0 Å². The molecular formula is C24H26N4O2. The summed E-state index contributed by atoms with van der Waals surface area (Å²) >= 11 is 0. The number of hydrogen-bond donors (Lipinski definition) is 1. The molecule has 2 aliphatic rings. The molecule has 30 heavy (non-hydrogen) atoms. The Morgan fingerprint density at radius 3 is 2.73 bits per heavy atom. The van der Waals surface area contributed by atoms with Crippen molar-refractivity contribution < 1.29 is 9.90 Å². The van der Waals surface area contributed by atoms with Gasteiger partial charge in [0.05, 0.1) is 11.8 Å². The molecule has 1 N–H and O–H groups in total. The number of rotatable bonds is 4. The second-order valence-electron chi connectivity index (χ2n) is 8.20. The van der Waals surface area contributed by atoms with Crippen LogP contribution in [0.5, 0.6) is 0 Å². The van der Waals surface area contributed by atoms with E-state index in [0.29, 0.717) is 25.3 Å². The first-order valence-electron chi connectivity index (χ1n) is 10.5. The van der Waals surface area contributed by atoms with Crippen molar-refractivity contribution in [2.75, 3.05) is 24.5 Å². The molecule has 154 valence electrons. The average molecular weight is 402 g/mol. The topological polar surface area (TPSA) is 61.6 Å². The van der Waals surface area contributed by atoms with Crippen LogP contribution in [-0.2, 0) is 20.0 Å². The Morgan fingerprint density at radius 1 is 1.13 bits per heavy atom. The fourth-order valence-electron chi connectivity index (χ4n) is 4.62. The van der Waals surface area contributed by atoms with Crippen LogP contribution in [0, 0.1) is 0 Å². The fraction of sp³-hybridized carbons (Fsp3) is 0.333. The van der Waals surface area contributed by atoms with E-state index in [-0.39, 0.29) is 12.0 Å². The Morgan fingerprint density at radius 2 is 1.97 bits per heavy atom. The number of aryl methyl sites for hydroxylation is 1. The number of amides is 1. The number of aromatic nitrogens is 2. The maximum Gasteiger partial charge on any atom is 0.278 e. The van der Waals surface area contributed by atoms with Gasteiger partial charge >= 0.3 is 0 Å². The highest BCUT2D eigenvalue weighted by Crippen LogP contribution is 2.36. The summed E-state index contributed by atoms with van der Waals surface area (Å²) < 4.78 is 1.79. The van der Waals surface area contributed by atoms with Crippen LogP contribution in [0.15, 0.2) is 54.6 Å². The minimum Gasteiger partial charge on any atom is -0.392 e. The zero-order valence-electron chi connectivity index (χ0n) is 17.2. The summed E-state index contributed by atoms with van der Waals surface area (Å²) in [6.07, 6.45) is 1.40. The molecule has 5 rings (SSSR count). The highest BCUT2D eigenvalue weighted by molar-refractivity contribution is 6.06. The number of aliphatic hydroxyl groups is 1. The Balaban J connectivity index is 1.40. The van der Waals surface area contributed by atoms with Crippen molar-refractivity contribution in [3.05, 3.63) is 71.5 Å². The zero-order valence-corrected chi connectivity index (χ0v) is 17.2. The quantitative estimate of drug-likeness (QED) is 0.729. The summed E-state index contributed by atoms with van der Waals surface area (Å²) in [5, 5.41) is 14.3. The molecule has 0 bridgehead atoms. The van der Waals surface area contributed by atoms with Gasteiger partial charge in [-0.1, -0.05) is 42.5 Å². The van der Waals surface area contributed by atoms with Crippen LogP contribution >= 0.6 is 0 Å². The van der Waals surface area contributed by atoms with Gasteiger partial charge in [-0.05, 0) is 41.7 Å². The van der Waals surface area contributed by atoms with Crippen molar-refractivity contribution in [3.8, 4) is 11.1 Å². The normalized spacial score (nSPS) is 18.7. The first kappa shape index (κ1) is 19.0. The molecule has 3 heterocycles. The lowest BCUT2D eigenvalue weighted by Crippen LogP contribution is -2.29. The predicted molar refractivity (Wildman–Crippen MR) is 116 cm³/mol. The van der Waals surface area contributed by atoms with Crippen molar-refractivity contribution in [1.29, 1.82) is 0 Å². The molecule has 2 aliphatic heterocycles. The summed E-state index contributed by atoms with van der Waals surface area (Å²) in [5.74, 6) is -0.0535. The van der Waals surface area contributed by atoms with Gasteiger partial charge < -0.3 is 10.0 Å². The predicted octanol–water partition coefficient (Wildman–Crippen LogP) is 2.86. The number of likely N-dealkylation sites (tertiary alicyclic amines) is 1. The van der Waals surface area contributed by atoms with E-state index in [1.54, 1.807) is 4.68 Å². The van der Waals surface area contributed by atoms with Crippen LogP contribution in [0.3, 0.4) is 0 Å². The van der Waals surface area contributed by atoms with Gasteiger partial charge in [-0.2, -0.15) is 5.10 Å². The van der Waals surface area contributed by atoms with E-state index in [9.17, 15) is 9.90 Å². The molecule has 1 saturated heterocycles. The van der Waals surface area contributed by atoms with Crippen LogP contribution in [0.4, 0.5) is 5.69 Å². The number of benzene rings is 2. The van der Waals surface area contributed by atoms with Gasteiger partial charge in [-0.15, -0.1) is 0 Å². The van der Waals surface area contributed by atoms with Crippen molar-refractivity contribution >= 4 is 11.6 Å². The number of carbonyl (C=O) groups excluding carboxylic acids is 1. The molecule has 1 aromatic heterocycles. The average Bonchev–Trinajstić information content (AvgIpc) is 3.47. The monoisotopic (exact) mass is 402 g/mol. The van der Waals surface area contributed by atoms with E-state index in [4.69, 9.17) is 0 Å². The lowest BCUT2D eigenvalue weighted by molar-refractivity contribution is 0.0984. The SMILES string of the molecule is Cn1nc(C(=O)N2CCc3c(-c4ccccc4)cccc32)cc1CN1CC[C@@H](O)C1. The third-order valence-corrected chi connectivity index (χ3v) is 6.19. The van der Waals surface area contributed by atoms with Crippen molar-refractivity contribution in [2.45, 2.75) is 25.5 Å². The third kappa shape index (κ3) is 3.42. The number of fused-ring (bicyclic) bond motifs is 1. The number of nitrogens with zero attached hydrogens (tertiary/aromatic N) is 4. The molecule has 0 unspecified atom stereocenters. The Kier molecular flexibility index (Phi) is 4.89. The van der Waals surface area contributed by atoms with E-state index in [1.807, 2.05) is 48.3 Å². The maximum atomic E-state index is 13.3. The third-order valence-electron chi connectivity index (χ3n) is 6.19. The number of hydrogen-bond acceptors (Lipinski definition) is 4. The van der Waals surface area contributed by atoms with Gasteiger partial charge in [-0.25, -0.2) is 0 Å². The second-order valence-corrected chi connectivity index (χ2v) is 8.20. The Bertz CT molecular complexity index is 1080. The van der Waals surface area contributed by atoms with Crippen LogP contribution in [0.1, 0.15) is 28.2 Å². The lowest BCUT2D eigenvalue weighted by Gasteiger charge is -2.16. The first-order chi connectivity index (χ1) is 14.6. The zero-order chi connectivity index (χ0) is 20.7. The maximum absolute atomic E-state index is 13.3. The van der Waals surface area contributed by atoms with E-state index in [1.165, 1.54) is 16.7 Å². The van der Waals surface area contributed by atoms with Crippen LogP contribution in [0.2, 0.25) is 0 Å². The standard InChI is InChI=1S/C24H26N4O2/c1-26-18(15-27-12-10-19(29)16-27)14-22(25-26)24(30)28-13-11-21-20(8-5-9-23(21)28)17-6-3-2-4-7-17/h2-9,14,19,29H,10-13,15-16H2,1H3/t19-/m1/s1. The molecular weight excluding hydrogens is 376 g/mol. The number of carbonyl (C=O) groups is 1. The summed E-state index contributed by atoms with van der Waals surface area (Å²) in [6.45, 7) is 2.92. The summed E-state index contributed by atoms with van der Waals surface area (Å²) in [4.78, 5) is 17.4. The van der Waals surface area contributed by atoms with Gasteiger partial charge in [-0.3, -0.25) is 14.4 Å². The molecule has 0 radical (unpaired) electrons. The highest BCUT2D eigenvalue weighted by atomic mass is 16.3.